The number of fused-ring (bicyclic) bond motifs is 1. The third-order valence-electron chi connectivity index (χ3n) is 4.54. The van der Waals surface area contributed by atoms with Crippen molar-refractivity contribution in [2.75, 3.05) is 5.32 Å². The maximum atomic E-state index is 12.6. The fourth-order valence-electron chi connectivity index (χ4n) is 3.07. The molecule has 4 heterocycles. The standard InChI is InChI=1S/C21H14N6O3/c28-20(13-7-8-22-17(10-13)18-2-1-9-30-18)26-14-3-5-15(6-4-14)27-19-16(11-25-27)21(29)24-12-23-19/h1-12H,(H,26,28)(H,23,24,29). The van der Waals surface area contributed by atoms with Crippen molar-refractivity contribution in [2.45, 2.75) is 0 Å². The average molecular weight is 398 g/mol. The lowest BCUT2D eigenvalue weighted by atomic mass is 10.2. The van der Waals surface area contributed by atoms with Crippen molar-refractivity contribution in [1.82, 2.24) is 24.7 Å². The largest absolute Gasteiger partial charge is 0.463 e. The Bertz CT molecular complexity index is 1400. The van der Waals surface area contributed by atoms with E-state index in [9.17, 15) is 9.59 Å². The molecule has 9 heteroatoms. The maximum Gasteiger partial charge on any atom is 0.261 e. The highest BCUT2D eigenvalue weighted by Gasteiger charge is 2.11. The molecular formula is C21H14N6O3. The van der Waals surface area contributed by atoms with Crippen LogP contribution in [0.15, 0.2) is 82.7 Å². The van der Waals surface area contributed by atoms with Crippen LogP contribution in [0.3, 0.4) is 0 Å². The van der Waals surface area contributed by atoms with Crippen LogP contribution in [0.1, 0.15) is 10.4 Å². The molecule has 0 aliphatic carbocycles. The summed E-state index contributed by atoms with van der Waals surface area (Å²) in [6, 6.07) is 13.9. The number of anilines is 1. The van der Waals surface area contributed by atoms with Crippen molar-refractivity contribution >= 4 is 22.6 Å². The fraction of sp³-hybridized carbons (Fsp3) is 0. The quantitative estimate of drug-likeness (QED) is 0.480. The molecule has 2 N–H and O–H groups in total. The lowest BCUT2D eigenvalue weighted by Crippen LogP contribution is -2.12. The Balaban J connectivity index is 1.37. The van der Waals surface area contributed by atoms with Gasteiger partial charge in [0.1, 0.15) is 11.1 Å². The fourth-order valence-corrected chi connectivity index (χ4v) is 3.07. The first-order chi connectivity index (χ1) is 14.7. The minimum atomic E-state index is -0.268. The zero-order valence-electron chi connectivity index (χ0n) is 15.4. The number of benzene rings is 1. The average Bonchev–Trinajstić information content (AvgIpc) is 3.45. The molecule has 0 aliphatic heterocycles. The van der Waals surface area contributed by atoms with E-state index in [0.29, 0.717) is 39.4 Å². The Hall–Kier alpha value is -4.53. The van der Waals surface area contributed by atoms with E-state index in [1.807, 2.05) is 0 Å². The molecule has 146 valence electrons. The van der Waals surface area contributed by atoms with Crippen LogP contribution in [0, 0.1) is 0 Å². The molecule has 0 spiro atoms. The molecule has 0 atom stereocenters. The van der Waals surface area contributed by atoms with E-state index in [0.717, 1.165) is 0 Å². The number of carbonyl (C=O) groups excluding carboxylic acids is 1. The van der Waals surface area contributed by atoms with Crippen LogP contribution in [0.25, 0.3) is 28.2 Å². The van der Waals surface area contributed by atoms with E-state index >= 15 is 0 Å². The number of pyridine rings is 1. The van der Waals surface area contributed by atoms with Gasteiger partial charge in [0.15, 0.2) is 11.4 Å². The molecule has 0 unspecified atom stereocenters. The number of hydrogen-bond acceptors (Lipinski definition) is 6. The molecular weight excluding hydrogens is 384 g/mol. The van der Waals surface area contributed by atoms with Crippen LogP contribution in [0.2, 0.25) is 0 Å². The minimum Gasteiger partial charge on any atom is -0.463 e. The molecule has 5 aromatic rings. The molecule has 0 fully saturated rings. The van der Waals surface area contributed by atoms with E-state index in [-0.39, 0.29) is 11.5 Å². The summed E-state index contributed by atoms with van der Waals surface area (Å²) in [4.78, 5) is 35.4. The lowest BCUT2D eigenvalue weighted by molar-refractivity contribution is 0.102. The number of furan rings is 1. The number of aromatic nitrogens is 5. The summed E-state index contributed by atoms with van der Waals surface area (Å²) in [7, 11) is 0. The number of carbonyl (C=O) groups is 1. The second-order valence-electron chi connectivity index (χ2n) is 6.43. The van der Waals surface area contributed by atoms with E-state index in [1.54, 1.807) is 65.7 Å². The first kappa shape index (κ1) is 17.6. The molecule has 0 bridgehead atoms. The Kier molecular flexibility index (Phi) is 4.18. The van der Waals surface area contributed by atoms with Gasteiger partial charge in [-0.2, -0.15) is 5.10 Å². The predicted octanol–water partition coefficient (Wildman–Crippen LogP) is 3.02. The summed E-state index contributed by atoms with van der Waals surface area (Å²) in [5, 5.41) is 7.48. The summed E-state index contributed by atoms with van der Waals surface area (Å²) >= 11 is 0. The van der Waals surface area contributed by atoms with E-state index < -0.39 is 0 Å². The Morgan fingerprint density at radius 1 is 1.10 bits per heavy atom. The van der Waals surface area contributed by atoms with E-state index in [2.05, 4.69) is 25.4 Å². The van der Waals surface area contributed by atoms with Gasteiger partial charge < -0.3 is 14.7 Å². The van der Waals surface area contributed by atoms with Gasteiger partial charge in [0.05, 0.1) is 24.5 Å². The van der Waals surface area contributed by atoms with E-state index in [1.165, 1.54) is 12.5 Å². The first-order valence-electron chi connectivity index (χ1n) is 9.02. The number of hydrogen-bond donors (Lipinski definition) is 2. The summed E-state index contributed by atoms with van der Waals surface area (Å²) in [5.41, 5.74) is 2.57. The van der Waals surface area contributed by atoms with Crippen molar-refractivity contribution in [3.8, 4) is 17.1 Å². The van der Waals surface area contributed by atoms with Gasteiger partial charge in [-0.1, -0.05) is 0 Å². The molecule has 0 radical (unpaired) electrons. The summed E-state index contributed by atoms with van der Waals surface area (Å²) < 4.78 is 6.89. The zero-order chi connectivity index (χ0) is 20.5. The van der Waals surface area contributed by atoms with Crippen LogP contribution in [0.5, 0.6) is 0 Å². The molecule has 0 saturated heterocycles. The Morgan fingerprint density at radius 3 is 2.77 bits per heavy atom. The second-order valence-corrected chi connectivity index (χ2v) is 6.43. The van der Waals surface area contributed by atoms with Crippen LogP contribution in [0.4, 0.5) is 5.69 Å². The molecule has 1 aromatic carbocycles. The monoisotopic (exact) mass is 398 g/mol. The highest BCUT2D eigenvalue weighted by Crippen LogP contribution is 2.20. The third kappa shape index (κ3) is 3.14. The first-order valence-corrected chi connectivity index (χ1v) is 9.02. The van der Waals surface area contributed by atoms with Crippen LogP contribution >= 0.6 is 0 Å². The molecule has 30 heavy (non-hydrogen) atoms. The van der Waals surface area contributed by atoms with Crippen LogP contribution in [-0.4, -0.2) is 30.6 Å². The lowest BCUT2D eigenvalue weighted by Gasteiger charge is -2.08. The SMILES string of the molecule is O=C(Nc1ccc(-n2ncc3c(=O)[nH]cnc32)cc1)c1ccnc(-c2ccco2)c1. The van der Waals surface area contributed by atoms with Crippen molar-refractivity contribution in [3.05, 3.63) is 89.4 Å². The second kappa shape index (κ2) is 7.13. The summed E-state index contributed by atoms with van der Waals surface area (Å²) in [6.07, 6.45) is 5.92. The third-order valence-corrected chi connectivity index (χ3v) is 4.54. The molecule has 9 nitrogen and oxygen atoms in total. The predicted molar refractivity (Wildman–Crippen MR) is 109 cm³/mol. The van der Waals surface area contributed by atoms with Crippen molar-refractivity contribution in [1.29, 1.82) is 0 Å². The maximum absolute atomic E-state index is 12.6. The molecule has 1 amide bonds. The highest BCUT2D eigenvalue weighted by atomic mass is 16.3. The smallest absolute Gasteiger partial charge is 0.261 e. The number of aromatic amines is 1. The van der Waals surface area contributed by atoms with Gasteiger partial charge in [-0.05, 0) is 48.5 Å². The van der Waals surface area contributed by atoms with Crippen LogP contribution < -0.4 is 10.9 Å². The number of rotatable bonds is 4. The number of nitrogens with one attached hydrogen (secondary N) is 2. The van der Waals surface area contributed by atoms with Gasteiger partial charge in [-0.3, -0.25) is 14.6 Å². The van der Waals surface area contributed by atoms with Gasteiger partial charge in [-0.15, -0.1) is 0 Å². The van der Waals surface area contributed by atoms with Gasteiger partial charge in [0.2, 0.25) is 0 Å². The molecule has 4 aromatic heterocycles. The number of amides is 1. The molecule has 0 saturated carbocycles. The number of nitrogens with zero attached hydrogens (tertiary/aromatic N) is 4. The summed E-state index contributed by atoms with van der Waals surface area (Å²) in [5.74, 6) is 0.323. The van der Waals surface area contributed by atoms with E-state index in [4.69, 9.17) is 4.42 Å². The minimum absolute atomic E-state index is 0.249. The zero-order valence-corrected chi connectivity index (χ0v) is 15.4. The molecule has 0 aliphatic rings. The van der Waals surface area contributed by atoms with Crippen molar-refractivity contribution < 1.29 is 9.21 Å². The van der Waals surface area contributed by atoms with Crippen molar-refractivity contribution in [3.63, 3.8) is 0 Å². The van der Waals surface area contributed by atoms with Gasteiger partial charge in [0.25, 0.3) is 11.5 Å². The van der Waals surface area contributed by atoms with Crippen molar-refractivity contribution in [2.24, 2.45) is 0 Å². The normalized spacial score (nSPS) is 10.9. The molecule has 5 rings (SSSR count). The van der Waals surface area contributed by atoms with Gasteiger partial charge in [-0.25, -0.2) is 9.67 Å². The van der Waals surface area contributed by atoms with Gasteiger partial charge in [0, 0.05) is 17.4 Å². The number of H-pyrrole nitrogens is 1. The van der Waals surface area contributed by atoms with Crippen LogP contribution in [-0.2, 0) is 0 Å². The topological polar surface area (TPSA) is 119 Å². The summed E-state index contributed by atoms with van der Waals surface area (Å²) in [6.45, 7) is 0. The highest BCUT2D eigenvalue weighted by molar-refractivity contribution is 6.04. The Labute approximate surface area is 169 Å². The van der Waals surface area contributed by atoms with Gasteiger partial charge >= 0.3 is 0 Å². The Morgan fingerprint density at radius 2 is 1.97 bits per heavy atom.